The summed E-state index contributed by atoms with van der Waals surface area (Å²) in [6.45, 7) is 0. The van der Waals surface area contributed by atoms with Crippen LogP contribution in [-0.4, -0.2) is 0 Å². The van der Waals surface area contributed by atoms with Crippen LogP contribution in [0.4, 0.5) is 0 Å². The molecule has 0 N–H and O–H groups in total. The summed E-state index contributed by atoms with van der Waals surface area (Å²) in [5.41, 5.74) is 8.67. The maximum absolute atomic E-state index is 2.49. The van der Waals surface area contributed by atoms with Gasteiger partial charge < -0.3 is 24.8 Å². The molecule has 0 heterocycles. The summed E-state index contributed by atoms with van der Waals surface area (Å²) in [6, 6.07) is 31.2. The van der Waals surface area contributed by atoms with E-state index >= 15 is 0 Å². The first-order valence-corrected chi connectivity index (χ1v) is 13.0. The van der Waals surface area contributed by atoms with E-state index < -0.39 is 23.2 Å². The van der Waals surface area contributed by atoms with Gasteiger partial charge in [0.15, 0.2) is 0 Å². The van der Waals surface area contributed by atoms with Gasteiger partial charge in [0.25, 0.3) is 0 Å². The molecule has 0 saturated heterocycles. The van der Waals surface area contributed by atoms with Crippen molar-refractivity contribution in [3.8, 4) is 11.1 Å². The zero-order valence-electron chi connectivity index (χ0n) is 16.8. The average molecular weight is 519 g/mol. The van der Waals surface area contributed by atoms with Crippen LogP contribution in [0.15, 0.2) is 97.1 Å². The molecule has 2 unspecified atom stereocenters. The number of hydrogen-bond acceptors (Lipinski definition) is 0. The van der Waals surface area contributed by atoms with E-state index in [0.29, 0.717) is 7.25 Å². The topological polar surface area (TPSA) is 0 Å². The largest absolute Gasteiger partial charge is 1.00 e. The van der Waals surface area contributed by atoms with E-state index in [0.717, 1.165) is 0 Å². The van der Waals surface area contributed by atoms with Gasteiger partial charge in [0, 0.05) is 0 Å². The maximum Gasteiger partial charge on any atom is -1.00 e. The van der Waals surface area contributed by atoms with Crippen LogP contribution in [0.25, 0.3) is 34.1 Å². The first-order chi connectivity index (χ1) is 14.4. The Hall–Kier alpha value is -1.92. The van der Waals surface area contributed by atoms with Gasteiger partial charge in [-0.1, -0.05) is 0 Å². The SMILES string of the molecule is C1=C[CH]([Zr+2][CH]2C=Cc3c(-c4cccc5ccccc45)cccc32)c2ccccc21.[Cl-].[Cl-]. The minimum atomic E-state index is -0.699. The molecule has 150 valence electrons. The monoisotopic (exact) mass is 516 g/mol. The number of hydrogen-bond donors (Lipinski definition) is 0. The van der Waals surface area contributed by atoms with Gasteiger partial charge >= 0.3 is 184 Å². The molecule has 4 aromatic carbocycles. The second kappa shape index (κ2) is 9.29. The molecule has 0 amide bonds. The average Bonchev–Trinajstić information content (AvgIpc) is 3.38. The molecule has 0 saturated carbocycles. The Morgan fingerprint density at radius 3 is 2.13 bits per heavy atom. The zero-order chi connectivity index (χ0) is 19.2. The molecule has 0 radical (unpaired) electrons. The molecule has 0 spiro atoms. The van der Waals surface area contributed by atoms with Crippen LogP contribution < -0.4 is 24.8 Å². The molecule has 6 rings (SSSR count). The summed E-state index contributed by atoms with van der Waals surface area (Å²) in [5.74, 6) is 0. The summed E-state index contributed by atoms with van der Waals surface area (Å²) < 4.78 is 1.32. The van der Waals surface area contributed by atoms with Gasteiger partial charge in [0.05, 0.1) is 0 Å². The molecule has 3 heteroatoms. The van der Waals surface area contributed by atoms with Crippen LogP contribution in [-0.2, 0) is 23.2 Å². The number of fused-ring (bicyclic) bond motifs is 3. The van der Waals surface area contributed by atoms with Crippen molar-refractivity contribution in [3.05, 3.63) is 119 Å². The standard InChI is InChI=1S/C19H13.C9H7.2ClH.Zr/c1-2-10-16-14(6-1)8-4-12-18(16)19-13-5-9-15-7-3-11-17(15)19;1-2-5-9-7-3-6-8(9)4-1;;;/h1-13H;1-7H;2*1H;/q;;;;+2/p-2. The Morgan fingerprint density at radius 2 is 1.19 bits per heavy atom. The zero-order valence-corrected chi connectivity index (χ0v) is 20.8. The molecule has 0 nitrogen and oxygen atoms in total. The molecule has 31 heavy (non-hydrogen) atoms. The Labute approximate surface area is 207 Å². The van der Waals surface area contributed by atoms with E-state index in [4.69, 9.17) is 0 Å². The van der Waals surface area contributed by atoms with E-state index in [-0.39, 0.29) is 24.8 Å². The van der Waals surface area contributed by atoms with Gasteiger partial charge in [0.2, 0.25) is 0 Å². The number of halogens is 2. The molecular formula is C28H20Cl2Zr. The van der Waals surface area contributed by atoms with Crippen molar-refractivity contribution in [3.63, 3.8) is 0 Å². The van der Waals surface area contributed by atoms with Crippen LogP contribution in [0.1, 0.15) is 29.5 Å². The molecule has 4 aromatic rings. The summed E-state index contributed by atoms with van der Waals surface area (Å²) in [6.07, 6.45) is 9.66. The minimum Gasteiger partial charge on any atom is -1.00 e. The molecule has 2 atom stereocenters. The van der Waals surface area contributed by atoms with Crippen LogP contribution in [0, 0.1) is 0 Å². The molecular weight excluding hydrogens is 498 g/mol. The third-order valence-electron chi connectivity index (χ3n) is 6.17. The van der Waals surface area contributed by atoms with Crippen LogP contribution in [0.5, 0.6) is 0 Å². The molecule has 2 aliphatic carbocycles. The molecule has 2 aliphatic rings. The van der Waals surface area contributed by atoms with Crippen LogP contribution in [0.2, 0.25) is 0 Å². The van der Waals surface area contributed by atoms with Crippen molar-refractivity contribution < 1.29 is 48.0 Å². The van der Waals surface area contributed by atoms with Crippen molar-refractivity contribution >= 4 is 22.9 Å². The second-order valence-corrected chi connectivity index (χ2v) is 11.7. The fourth-order valence-electron chi connectivity index (χ4n) is 4.77. The van der Waals surface area contributed by atoms with Crippen LogP contribution in [0.3, 0.4) is 0 Å². The van der Waals surface area contributed by atoms with E-state index in [9.17, 15) is 0 Å². The number of allylic oxidation sites excluding steroid dienone is 2. The third-order valence-corrected chi connectivity index (χ3v) is 10.4. The molecule has 0 aromatic heterocycles. The van der Waals surface area contributed by atoms with Gasteiger partial charge in [-0.3, -0.25) is 0 Å². The van der Waals surface area contributed by atoms with Crippen molar-refractivity contribution in [2.24, 2.45) is 0 Å². The fraction of sp³-hybridized carbons (Fsp3) is 0.0714. The van der Waals surface area contributed by atoms with Crippen molar-refractivity contribution in [2.45, 2.75) is 7.25 Å². The summed E-state index contributed by atoms with van der Waals surface area (Å²) >= 11 is -0.699. The van der Waals surface area contributed by atoms with E-state index in [2.05, 4.69) is 109 Å². The Balaban J connectivity index is 0.00000116. The van der Waals surface area contributed by atoms with Gasteiger partial charge in [-0.25, -0.2) is 0 Å². The molecule has 0 aliphatic heterocycles. The third kappa shape index (κ3) is 3.89. The summed E-state index contributed by atoms with van der Waals surface area (Å²) in [4.78, 5) is 0. The van der Waals surface area contributed by atoms with E-state index in [1.165, 1.54) is 33.0 Å². The van der Waals surface area contributed by atoms with Gasteiger partial charge in [-0.2, -0.15) is 0 Å². The van der Waals surface area contributed by atoms with Crippen molar-refractivity contribution in [1.29, 1.82) is 0 Å². The molecule has 0 bridgehead atoms. The van der Waals surface area contributed by atoms with E-state index in [1.807, 2.05) is 0 Å². The maximum atomic E-state index is 2.49. The Morgan fingerprint density at radius 1 is 0.548 bits per heavy atom. The summed E-state index contributed by atoms with van der Waals surface area (Å²) in [5, 5.41) is 2.65. The van der Waals surface area contributed by atoms with Gasteiger partial charge in [-0.15, -0.1) is 0 Å². The second-order valence-electron chi connectivity index (χ2n) is 7.80. The Bertz CT molecular complexity index is 1300. The number of rotatable bonds is 3. The van der Waals surface area contributed by atoms with Gasteiger partial charge in [0.1, 0.15) is 0 Å². The quantitative estimate of drug-likeness (QED) is 0.385. The normalized spacial score (nSPS) is 17.4. The Kier molecular flexibility index (Phi) is 6.68. The summed E-state index contributed by atoms with van der Waals surface area (Å²) in [7, 11) is 0. The first kappa shape index (κ1) is 22.3. The predicted molar refractivity (Wildman–Crippen MR) is 119 cm³/mol. The predicted octanol–water partition coefficient (Wildman–Crippen LogP) is 1.43. The fourth-order valence-corrected chi connectivity index (χ4v) is 8.88. The van der Waals surface area contributed by atoms with Crippen molar-refractivity contribution in [2.75, 3.05) is 0 Å². The van der Waals surface area contributed by atoms with Crippen LogP contribution >= 0.6 is 0 Å². The number of benzene rings is 4. The first-order valence-electron chi connectivity index (χ1n) is 10.2. The van der Waals surface area contributed by atoms with Crippen molar-refractivity contribution in [1.82, 2.24) is 0 Å². The smallest absolute Gasteiger partial charge is 1.00 e. The minimum absolute atomic E-state index is 0. The van der Waals surface area contributed by atoms with E-state index in [1.54, 1.807) is 11.1 Å². The molecule has 0 fully saturated rings. The van der Waals surface area contributed by atoms with Gasteiger partial charge in [-0.05, 0) is 0 Å².